The van der Waals surface area contributed by atoms with Gasteiger partial charge in [0.05, 0.1) is 6.61 Å². The predicted octanol–water partition coefficient (Wildman–Crippen LogP) is 1.74. The van der Waals surface area contributed by atoms with Crippen LogP contribution in [0.2, 0.25) is 0 Å². The van der Waals surface area contributed by atoms with Crippen LogP contribution in [0.4, 0.5) is 0 Å². The first kappa shape index (κ1) is 11.9. The van der Waals surface area contributed by atoms with E-state index in [-0.39, 0.29) is 6.61 Å². The molecule has 0 aliphatic rings. The first-order chi connectivity index (χ1) is 5.70. The second kappa shape index (κ2) is 7.56. The highest BCUT2D eigenvalue weighted by Gasteiger charge is 2.01. The third kappa shape index (κ3) is 6.62. The molecule has 2 nitrogen and oxygen atoms in total. The molecular formula is C10H23NO. The Morgan fingerprint density at radius 1 is 1.25 bits per heavy atom. The molecule has 0 unspecified atom stereocenters. The predicted molar refractivity (Wildman–Crippen MR) is 53.3 cm³/mol. The zero-order valence-corrected chi connectivity index (χ0v) is 8.71. The zero-order chi connectivity index (χ0) is 9.40. The Bertz CT molecular complexity index is 93.8. The maximum Gasteiger partial charge on any atom is 0.0558 e. The van der Waals surface area contributed by atoms with Crippen molar-refractivity contribution in [3.63, 3.8) is 0 Å². The molecule has 0 saturated heterocycles. The normalized spacial score (nSPS) is 11.5. The van der Waals surface area contributed by atoms with Crippen molar-refractivity contribution in [2.75, 3.05) is 26.2 Å². The first-order valence-corrected chi connectivity index (χ1v) is 5.03. The molecule has 0 bridgehead atoms. The van der Waals surface area contributed by atoms with E-state index in [9.17, 15) is 0 Å². The van der Waals surface area contributed by atoms with Gasteiger partial charge < -0.3 is 10.0 Å². The van der Waals surface area contributed by atoms with Gasteiger partial charge in [-0.1, -0.05) is 20.8 Å². The topological polar surface area (TPSA) is 23.5 Å². The van der Waals surface area contributed by atoms with E-state index >= 15 is 0 Å². The van der Waals surface area contributed by atoms with Gasteiger partial charge in [-0.25, -0.2) is 0 Å². The van der Waals surface area contributed by atoms with E-state index in [1.807, 2.05) is 0 Å². The molecule has 1 N–H and O–H groups in total. The molecule has 0 saturated carbocycles. The smallest absolute Gasteiger partial charge is 0.0558 e. The molecule has 0 aliphatic carbocycles. The summed E-state index contributed by atoms with van der Waals surface area (Å²) in [6.07, 6.45) is 2.55. The summed E-state index contributed by atoms with van der Waals surface area (Å²) in [4.78, 5) is 2.29. The molecule has 12 heavy (non-hydrogen) atoms. The van der Waals surface area contributed by atoms with E-state index in [1.54, 1.807) is 0 Å². The fourth-order valence-electron chi connectivity index (χ4n) is 1.29. The third-order valence-electron chi connectivity index (χ3n) is 2.12. The van der Waals surface area contributed by atoms with E-state index in [2.05, 4.69) is 25.7 Å². The highest BCUT2D eigenvalue weighted by Crippen LogP contribution is 2.04. The van der Waals surface area contributed by atoms with Gasteiger partial charge in [-0.3, -0.25) is 0 Å². The molecule has 74 valence electrons. The van der Waals surface area contributed by atoms with Crippen LogP contribution in [0.5, 0.6) is 0 Å². The Kier molecular flexibility index (Phi) is 7.51. The molecule has 0 atom stereocenters. The van der Waals surface area contributed by atoms with Crippen LogP contribution in [-0.4, -0.2) is 36.2 Å². The average Bonchev–Trinajstić information content (AvgIpc) is 2.02. The van der Waals surface area contributed by atoms with Crippen LogP contribution in [0.1, 0.15) is 33.6 Å². The average molecular weight is 173 g/mol. The first-order valence-electron chi connectivity index (χ1n) is 5.03. The van der Waals surface area contributed by atoms with E-state index in [0.717, 1.165) is 25.6 Å². The van der Waals surface area contributed by atoms with Crippen molar-refractivity contribution >= 4 is 0 Å². The van der Waals surface area contributed by atoms with Gasteiger partial charge >= 0.3 is 0 Å². The van der Waals surface area contributed by atoms with Gasteiger partial charge in [0, 0.05) is 6.54 Å². The lowest BCUT2D eigenvalue weighted by molar-refractivity contribution is 0.198. The quantitative estimate of drug-likeness (QED) is 0.634. The van der Waals surface area contributed by atoms with Gasteiger partial charge in [0.1, 0.15) is 0 Å². The lowest BCUT2D eigenvalue weighted by Crippen LogP contribution is -2.27. The molecule has 0 heterocycles. The highest BCUT2D eigenvalue weighted by atomic mass is 16.3. The molecule has 0 amide bonds. The Morgan fingerprint density at radius 3 is 2.33 bits per heavy atom. The van der Waals surface area contributed by atoms with Crippen molar-refractivity contribution in [1.82, 2.24) is 4.90 Å². The Labute approximate surface area is 76.6 Å². The van der Waals surface area contributed by atoms with Crippen LogP contribution >= 0.6 is 0 Å². The molecule has 0 spiro atoms. The maximum absolute atomic E-state index is 8.73. The summed E-state index contributed by atoms with van der Waals surface area (Å²) in [6, 6.07) is 0. The summed E-state index contributed by atoms with van der Waals surface area (Å²) < 4.78 is 0. The summed E-state index contributed by atoms with van der Waals surface area (Å²) in [5.41, 5.74) is 0. The number of hydrogen-bond donors (Lipinski definition) is 1. The number of nitrogens with zero attached hydrogens (tertiary/aromatic N) is 1. The van der Waals surface area contributed by atoms with Crippen LogP contribution < -0.4 is 0 Å². The molecule has 0 rings (SSSR count). The highest BCUT2D eigenvalue weighted by molar-refractivity contribution is 4.55. The summed E-state index contributed by atoms with van der Waals surface area (Å²) in [5, 5.41) is 8.73. The van der Waals surface area contributed by atoms with E-state index in [4.69, 9.17) is 5.11 Å². The summed E-state index contributed by atoms with van der Waals surface area (Å²) in [5.74, 6) is 0.804. The monoisotopic (exact) mass is 173 g/mol. The van der Waals surface area contributed by atoms with Gasteiger partial charge in [0.2, 0.25) is 0 Å². The molecule has 0 aliphatic heterocycles. The van der Waals surface area contributed by atoms with E-state index in [0.29, 0.717) is 0 Å². The molecular weight excluding hydrogens is 150 g/mol. The maximum atomic E-state index is 8.73. The lowest BCUT2D eigenvalue weighted by Gasteiger charge is -2.19. The second-order valence-electron chi connectivity index (χ2n) is 3.69. The number of aliphatic hydroxyl groups is 1. The second-order valence-corrected chi connectivity index (χ2v) is 3.69. The minimum Gasteiger partial charge on any atom is -0.395 e. The minimum absolute atomic E-state index is 0.287. The fourth-order valence-corrected chi connectivity index (χ4v) is 1.29. The van der Waals surface area contributed by atoms with Crippen LogP contribution in [0.25, 0.3) is 0 Å². The van der Waals surface area contributed by atoms with Crippen LogP contribution in [0.15, 0.2) is 0 Å². The van der Waals surface area contributed by atoms with Crippen LogP contribution in [0, 0.1) is 5.92 Å². The largest absolute Gasteiger partial charge is 0.395 e. The number of likely N-dealkylation sites (N-methyl/N-ethyl adjacent to an activating group) is 1. The van der Waals surface area contributed by atoms with Crippen molar-refractivity contribution in [2.45, 2.75) is 33.6 Å². The molecule has 0 fully saturated rings. The number of rotatable bonds is 7. The number of hydrogen-bond acceptors (Lipinski definition) is 2. The SMILES string of the molecule is CCN(CCO)CCCC(C)C. The Hall–Kier alpha value is -0.0800. The zero-order valence-electron chi connectivity index (χ0n) is 8.71. The van der Waals surface area contributed by atoms with Crippen molar-refractivity contribution in [2.24, 2.45) is 5.92 Å². The third-order valence-corrected chi connectivity index (χ3v) is 2.12. The molecule has 0 radical (unpaired) electrons. The lowest BCUT2D eigenvalue weighted by atomic mass is 10.1. The molecule has 0 aromatic rings. The molecule has 0 aromatic carbocycles. The van der Waals surface area contributed by atoms with Gasteiger partial charge in [-0.05, 0) is 31.8 Å². The number of aliphatic hydroxyl groups excluding tert-OH is 1. The van der Waals surface area contributed by atoms with Crippen molar-refractivity contribution in [1.29, 1.82) is 0 Å². The Morgan fingerprint density at radius 2 is 1.92 bits per heavy atom. The van der Waals surface area contributed by atoms with Gasteiger partial charge in [0.25, 0.3) is 0 Å². The van der Waals surface area contributed by atoms with E-state index in [1.165, 1.54) is 12.8 Å². The Balaban J connectivity index is 3.31. The van der Waals surface area contributed by atoms with Crippen molar-refractivity contribution < 1.29 is 5.11 Å². The fraction of sp³-hybridized carbons (Fsp3) is 1.00. The standard InChI is InChI=1S/C10H23NO/c1-4-11(8-9-12)7-5-6-10(2)3/h10,12H,4-9H2,1-3H3. The van der Waals surface area contributed by atoms with E-state index < -0.39 is 0 Å². The van der Waals surface area contributed by atoms with Crippen molar-refractivity contribution in [3.05, 3.63) is 0 Å². The summed E-state index contributed by atoms with van der Waals surface area (Å²) in [7, 11) is 0. The molecule has 2 heteroatoms. The van der Waals surface area contributed by atoms with Gasteiger partial charge in [0.15, 0.2) is 0 Å². The van der Waals surface area contributed by atoms with Gasteiger partial charge in [-0.2, -0.15) is 0 Å². The molecule has 0 aromatic heterocycles. The van der Waals surface area contributed by atoms with Crippen molar-refractivity contribution in [3.8, 4) is 0 Å². The summed E-state index contributed by atoms with van der Waals surface area (Å²) >= 11 is 0. The minimum atomic E-state index is 0.287. The summed E-state index contributed by atoms with van der Waals surface area (Å²) in [6.45, 7) is 9.95. The van der Waals surface area contributed by atoms with Crippen LogP contribution in [-0.2, 0) is 0 Å². The van der Waals surface area contributed by atoms with Crippen LogP contribution in [0.3, 0.4) is 0 Å². The van der Waals surface area contributed by atoms with Gasteiger partial charge in [-0.15, -0.1) is 0 Å².